The Labute approximate surface area is 339 Å². The highest BCUT2D eigenvalue weighted by Gasteiger charge is 2.44. The highest BCUT2D eigenvalue weighted by molar-refractivity contribution is 6.05. The molecule has 1 atom stereocenters. The molecule has 0 spiro atoms. The van der Waals surface area contributed by atoms with E-state index in [4.69, 9.17) is 0 Å². The van der Waals surface area contributed by atoms with Crippen molar-refractivity contribution in [2.45, 2.75) is 5.41 Å². The SMILES string of the molecule is c1ccc(-c2ccc(N(c3ccc(-c4cccc5ccccc45)cc3)c3ccc(C4(c5ccccc5)c5ccccc5-c5cccc6cccc4c56)cc3)cc2)cc1. The number of hydrogen-bond acceptors (Lipinski definition) is 1. The minimum atomic E-state index is -0.521. The average Bonchev–Trinajstić information content (AvgIpc) is 3.31. The highest BCUT2D eigenvalue weighted by atomic mass is 15.1. The van der Waals surface area contributed by atoms with Crippen LogP contribution in [0.4, 0.5) is 17.1 Å². The molecule has 10 aromatic rings. The first kappa shape index (κ1) is 33.8. The van der Waals surface area contributed by atoms with Gasteiger partial charge in [0.2, 0.25) is 0 Å². The standard InChI is InChI=1S/C57H39N/c1-3-14-40(15-4-1)41-28-34-47(35-29-41)58(48-36-30-43(31-37-48)51-24-11-17-42-16-7-8-22-50(42)51)49-38-32-46(33-39-49)57(45-20-5-2-6-21-45)54-26-10-9-23-52(54)53-25-12-18-44-19-13-27-55(57)56(44)53/h1-39H. The lowest BCUT2D eigenvalue weighted by molar-refractivity contribution is 0.750. The molecule has 0 amide bonds. The lowest BCUT2D eigenvalue weighted by atomic mass is 9.59. The molecule has 1 nitrogen and oxygen atoms in total. The third-order valence-electron chi connectivity index (χ3n) is 12.2. The van der Waals surface area contributed by atoms with Crippen molar-refractivity contribution < 1.29 is 0 Å². The van der Waals surface area contributed by atoms with Crippen LogP contribution in [-0.2, 0) is 5.41 Å². The molecule has 10 aromatic carbocycles. The smallest absolute Gasteiger partial charge is 0.0713 e. The van der Waals surface area contributed by atoms with Gasteiger partial charge in [0.05, 0.1) is 5.41 Å². The van der Waals surface area contributed by atoms with E-state index in [9.17, 15) is 0 Å². The van der Waals surface area contributed by atoms with Gasteiger partial charge in [0.1, 0.15) is 0 Å². The van der Waals surface area contributed by atoms with Gasteiger partial charge >= 0.3 is 0 Å². The zero-order valence-corrected chi connectivity index (χ0v) is 32.0. The normalized spacial score (nSPS) is 14.3. The minimum absolute atomic E-state index is 0.521. The molecular formula is C57H39N. The van der Waals surface area contributed by atoms with Crippen molar-refractivity contribution in [3.05, 3.63) is 259 Å². The number of hydrogen-bond donors (Lipinski definition) is 0. The average molecular weight is 738 g/mol. The summed E-state index contributed by atoms with van der Waals surface area (Å²) < 4.78 is 0. The second-order valence-corrected chi connectivity index (χ2v) is 15.2. The second-order valence-electron chi connectivity index (χ2n) is 15.2. The van der Waals surface area contributed by atoms with E-state index in [-0.39, 0.29) is 0 Å². The van der Waals surface area contributed by atoms with Crippen molar-refractivity contribution in [2.24, 2.45) is 0 Å². The molecule has 0 fully saturated rings. The fraction of sp³-hybridized carbons (Fsp3) is 0.0175. The first-order valence-electron chi connectivity index (χ1n) is 20.1. The van der Waals surface area contributed by atoms with Crippen LogP contribution >= 0.6 is 0 Å². The summed E-state index contributed by atoms with van der Waals surface area (Å²) in [7, 11) is 0. The van der Waals surface area contributed by atoms with Crippen LogP contribution in [0.25, 0.3) is 54.9 Å². The van der Waals surface area contributed by atoms with Gasteiger partial charge in [-0.2, -0.15) is 0 Å². The molecule has 0 saturated heterocycles. The lowest BCUT2D eigenvalue weighted by Gasteiger charge is -2.42. The fourth-order valence-corrected chi connectivity index (χ4v) is 9.55. The second kappa shape index (κ2) is 13.9. The van der Waals surface area contributed by atoms with Gasteiger partial charge in [0.25, 0.3) is 0 Å². The van der Waals surface area contributed by atoms with E-state index in [1.807, 2.05) is 0 Å². The van der Waals surface area contributed by atoms with E-state index < -0.39 is 5.41 Å². The Morgan fingerprint density at radius 2 is 0.741 bits per heavy atom. The van der Waals surface area contributed by atoms with Crippen LogP contribution in [0.2, 0.25) is 0 Å². The van der Waals surface area contributed by atoms with Gasteiger partial charge in [-0.1, -0.05) is 200 Å². The summed E-state index contributed by atoms with van der Waals surface area (Å²) in [6, 6.07) is 86.8. The van der Waals surface area contributed by atoms with Crippen molar-refractivity contribution in [1.29, 1.82) is 0 Å². The molecule has 0 aromatic heterocycles. The summed E-state index contributed by atoms with van der Waals surface area (Å²) in [6.45, 7) is 0. The first-order valence-corrected chi connectivity index (χ1v) is 20.1. The number of anilines is 3. The molecule has 0 bridgehead atoms. The summed E-state index contributed by atoms with van der Waals surface area (Å²) in [4.78, 5) is 2.38. The monoisotopic (exact) mass is 737 g/mol. The molecule has 0 heterocycles. The van der Waals surface area contributed by atoms with Crippen molar-refractivity contribution >= 4 is 38.6 Å². The van der Waals surface area contributed by atoms with Gasteiger partial charge in [-0.05, 0) is 114 Å². The summed E-state index contributed by atoms with van der Waals surface area (Å²) in [5.41, 5.74) is 15.3. The van der Waals surface area contributed by atoms with Crippen molar-refractivity contribution in [2.75, 3.05) is 4.90 Å². The minimum Gasteiger partial charge on any atom is -0.311 e. The van der Waals surface area contributed by atoms with Crippen molar-refractivity contribution in [1.82, 2.24) is 0 Å². The van der Waals surface area contributed by atoms with E-state index in [1.54, 1.807) is 0 Å². The van der Waals surface area contributed by atoms with E-state index >= 15 is 0 Å². The van der Waals surface area contributed by atoms with Crippen molar-refractivity contribution in [3.8, 4) is 33.4 Å². The molecule has 1 unspecified atom stereocenters. The lowest BCUT2D eigenvalue weighted by Crippen LogP contribution is -2.33. The van der Waals surface area contributed by atoms with Gasteiger partial charge in [-0.3, -0.25) is 0 Å². The van der Waals surface area contributed by atoms with Crippen LogP contribution in [0.5, 0.6) is 0 Å². The predicted octanol–water partition coefficient (Wildman–Crippen LogP) is 15.2. The quantitative estimate of drug-likeness (QED) is 0.157. The Morgan fingerprint density at radius 1 is 0.276 bits per heavy atom. The third kappa shape index (κ3) is 5.39. The van der Waals surface area contributed by atoms with Crippen LogP contribution in [-0.4, -0.2) is 0 Å². The number of nitrogens with zero attached hydrogens (tertiary/aromatic N) is 1. The summed E-state index contributed by atoms with van der Waals surface area (Å²) in [5.74, 6) is 0. The van der Waals surface area contributed by atoms with E-state index in [0.29, 0.717) is 0 Å². The Hall–Kier alpha value is -7.48. The molecule has 1 aliphatic rings. The summed E-state index contributed by atoms with van der Waals surface area (Å²) >= 11 is 0. The fourth-order valence-electron chi connectivity index (χ4n) is 9.55. The molecule has 1 aliphatic carbocycles. The molecule has 0 aliphatic heterocycles. The topological polar surface area (TPSA) is 3.24 Å². The molecule has 11 rings (SSSR count). The zero-order chi connectivity index (χ0) is 38.5. The van der Waals surface area contributed by atoms with E-state index in [2.05, 4.69) is 241 Å². The molecule has 0 saturated carbocycles. The van der Waals surface area contributed by atoms with Crippen LogP contribution < -0.4 is 4.90 Å². The molecule has 272 valence electrons. The van der Waals surface area contributed by atoms with E-state index in [0.717, 1.165) is 17.1 Å². The Bertz CT molecular complexity index is 3060. The Morgan fingerprint density at radius 3 is 1.47 bits per heavy atom. The zero-order valence-electron chi connectivity index (χ0n) is 32.0. The summed E-state index contributed by atoms with van der Waals surface area (Å²) in [5, 5.41) is 5.09. The maximum Gasteiger partial charge on any atom is 0.0713 e. The molecule has 0 N–H and O–H groups in total. The predicted molar refractivity (Wildman–Crippen MR) is 244 cm³/mol. The molecule has 58 heavy (non-hydrogen) atoms. The van der Waals surface area contributed by atoms with Crippen LogP contribution in [0.1, 0.15) is 22.3 Å². The molecule has 1 heteroatoms. The maximum atomic E-state index is 2.38. The van der Waals surface area contributed by atoms with Gasteiger partial charge < -0.3 is 4.90 Å². The van der Waals surface area contributed by atoms with Gasteiger partial charge in [0, 0.05) is 17.1 Å². The Balaban J connectivity index is 1.08. The van der Waals surface area contributed by atoms with Gasteiger partial charge in [0.15, 0.2) is 0 Å². The first-order chi connectivity index (χ1) is 28.8. The molecule has 0 radical (unpaired) electrons. The largest absolute Gasteiger partial charge is 0.311 e. The number of rotatable bonds is 7. The maximum absolute atomic E-state index is 2.38. The number of benzene rings is 10. The summed E-state index contributed by atoms with van der Waals surface area (Å²) in [6.07, 6.45) is 0. The van der Waals surface area contributed by atoms with E-state index in [1.165, 1.54) is 77.2 Å². The number of fused-ring (bicyclic) bond motifs is 3. The molecular weight excluding hydrogens is 699 g/mol. The van der Waals surface area contributed by atoms with Crippen LogP contribution in [0.15, 0.2) is 237 Å². The van der Waals surface area contributed by atoms with Gasteiger partial charge in [-0.25, -0.2) is 0 Å². The van der Waals surface area contributed by atoms with Crippen molar-refractivity contribution in [3.63, 3.8) is 0 Å². The van der Waals surface area contributed by atoms with Crippen LogP contribution in [0, 0.1) is 0 Å². The Kier molecular flexibility index (Phi) is 8.12. The van der Waals surface area contributed by atoms with Gasteiger partial charge in [-0.15, -0.1) is 0 Å². The van der Waals surface area contributed by atoms with Crippen LogP contribution in [0.3, 0.4) is 0 Å². The highest BCUT2D eigenvalue weighted by Crippen LogP contribution is 2.55. The third-order valence-corrected chi connectivity index (χ3v) is 12.2.